The highest BCUT2D eigenvalue weighted by Crippen LogP contribution is 2.36. The third-order valence-corrected chi connectivity index (χ3v) is 4.12. The van der Waals surface area contributed by atoms with E-state index in [1.54, 1.807) is 24.3 Å². The van der Waals surface area contributed by atoms with Crippen LogP contribution in [-0.4, -0.2) is 24.1 Å². The number of carbonyl (C=O) groups is 1. The van der Waals surface area contributed by atoms with Crippen molar-refractivity contribution in [3.8, 4) is 5.75 Å². The van der Waals surface area contributed by atoms with Gasteiger partial charge >= 0.3 is 0 Å². The van der Waals surface area contributed by atoms with Gasteiger partial charge in [-0.3, -0.25) is 4.79 Å². The number of thiophene rings is 1. The Kier molecular flexibility index (Phi) is 4.82. The van der Waals surface area contributed by atoms with Crippen LogP contribution in [0.15, 0.2) is 29.6 Å². The van der Waals surface area contributed by atoms with Gasteiger partial charge < -0.3 is 9.84 Å². The monoisotopic (exact) mass is 316 g/mol. The molecule has 0 fully saturated rings. The summed E-state index contributed by atoms with van der Waals surface area (Å²) in [5.74, 6) is 0.180. The maximum absolute atomic E-state index is 12.2. The summed E-state index contributed by atoms with van der Waals surface area (Å²) >= 11 is 13.5. The van der Waals surface area contributed by atoms with Crippen LogP contribution >= 0.6 is 34.5 Å². The van der Waals surface area contributed by atoms with Crippen LogP contribution in [0.25, 0.3) is 0 Å². The zero-order valence-corrected chi connectivity index (χ0v) is 12.1. The fraction of sp³-hybridized carbons (Fsp3) is 0.154. The summed E-state index contributed by atoms with van der Waals surface area (Å²) in [4.78, 5) is 12.8. The molecule has 0 aliphatic rings. The maximum Gasteiger partial charge on any atom is 0.204 e. The van der Waals surface area contributed by atoms with Crippen LogP contribution in [0, 0.1) is 0 Å². The van der Waals surface area contributed by atoms with Gasteiger partial charge in [-0.25, -0.2) is 0 Å². The Balaban J connectivity index is 2.33. The van der Waals surface area contributed by atoms with E-state index in [4.69, 9.17) is 33.0 Å². The van der Waals surface area contributed by atoms with Gasteiger partial charge in [-0.1, -0.05) is 29.3 Å². The molecule has 0 radical (unpaired) electrons. The molecule has 1 N–H and O–H groups in total. The van der Waals surface area contributed by atoms with E-state index in [9.17, 15) is 4.79 Å². The predicted molar refractivity (Wildman–Crippen MR) is 76.8 cm³/mol. The average molecular weight is 317 g/mol. The van der Waals surface area contributed by atoms with E-state index >= 15 is 0 Å². The lowest BCUT2D eigenvalue weighted by atomic mass is 10.1. The number of halogens is 2. The second kappa shape index (κ2) is 6.39. The second-order valence-corrected chi connectivity index (χ2v) is 5.32. The molecule has 0 saturated carbocycles. The molecule has 1 aromatic carbocycles. The lowest BCUT2D eigenvalue weighted by Gasteiger charge is -2.10. The summed E-state index contributed by atoms with van der Waals surface area (Å²) in [5, 5.41) is 10.9. The van der Waals surface area contributed by atoms with Gasteiger partial charge in [-0.2, -0.15) is 0 Å². The van der Waals surface area contributed by atoms with Crippen molar-refractivity contribution in [3.05, 3.63) is 50.1 Å². The smallest absolute Gasteiger partial charge is 0.204 e. The van der Waals surface area contributed by atoms with Crippen LogP contribution in [0.5, 0.6) is 5.75 Å². The van der Waals surface area contributed by atoms with Crippen molar-refractivity contribution in [2.24, 2.45) is 0 Å². The number of rotatable bonds is 5. The van der Waals surface area contributed by atoms with Gasteiger partial charge in [0, 0.05) is 5.56 Å². The fourth-order valence-corrected chi connectivity index (χ4v) is 2.65. The lowest BCUT2D eigenvalue weighted by Crippen LogP contribution is -2.04. The Morgan fingerprint density at radius 2 is 2.05 bits per heavy atom. The Bertz CT molecular complexity index is 582. The third-order valence-electron chi connectivity index (χ3n) is 2.39. The van der Waals surface area contributed by atoms with Crippen molar-refractivity contribution >= 4 is 40.3 Å². The van der Waals surface area contributed by atoms with Gasteiger partial charge in [0.25, 0.3) is 0 Å². The molecule has 0 unspecified atom stereocenters. The minimum absolute atomic E-state index is 0.119. The number of carbonyl (C=O) groups excluding carboxylic acids is 1. The van der Waals surface area contributed by atoms with Gasteiger partial charge in [0.05, 0.1) is 16.5 Å². The highest BCUT2D eigenvalue weighted by molar-refractivity contribution is 7.12. The molecule has 6 heteroatoms. The normalized spacial score (nSPS) is 10.5. The van der Waals surface area contributed by atoms with Crippen molar-refractivity contribution in [2.75, 3.05) is 13.2 Å². The van der Waals surface area contributed by atoms with Crippen molar-refractivity contribution in [2.45, 2.75) is 0 Å². The first kappa shape index (κ1) is 14.3. The van der Waals surface area contributed by atoms with Gasteiger partial charge in [0.15, 0.2) is 0 Å². The molecule has 19 heavy (non-hydrogen) atoms. The zero-order valence-electron chi connectivity index (χ0n) is 9.73. The van der Waals surface area contributed by atoms with Crippen molar-refractivity contribution < 1.29 is 14.6 Å². The topological polar surface area (TPSA) is 46.5 Å². The zero-order chi connectivity index (χ0) is 13.8. The molecule has 0 aliphatic carbocycles. The molecule has 0 spiro atoms. The summed E-state index contributed by atoms with van der Waals surface area (Å²) in [5.41, 5.74) is 0.338. The van der Waals surface area contributed by atoms with Crippen molar-refractivity contribution in [1.82, 2.24) is 0 Å². The van der Waals surface area contributed by atoms with Crippen LogP contribution in [-0.2, 0) is 0 Å². The van der Waals surface area contributed by atoms with Gasteiger partial charge in [-0.05, 0) is 23.6 Å². The van der Waals surface area contributed by atoms with Crippen LogP contribution in [0.1, 0.15) is 15.2 Å². The van der Waals surface area contributed by atoms with Crippen molar-refractivity contribution in [1.29, 1.82) is 0 Å². The van der Waals surface area contributed by atoms with E-state index in [2.05, 4.69) is 0 Å². The number of aliphatic hydroxyl groups excluding tert-OH is 1. The molecule has 0 atom stereocenters. The highest BCUT2D eigenvalue weighted by atomic mass is 35.5. The van der Waals surface area contributed by atoms with Crippen LogP contribution in [0.2, 0.25) is 10.0 Å². The largest absolute Gasteiger partial charge is 0.490 e. The van der Waals surface area contributed by atoms with Crippen LogP contribution in [0.3, 0.4) is 0 Å². The summed E-state index contributed by atoms with van der Waals surface area (Å²) < 4.78 is 5.22. The maximum atomic E-state index is 12.2. The van der Waals surface area contributed by atoms with Crippen molar-refractivity contribution in [3.63, 3.8) is 0 Å². The first-order valence-electron chi connectivity index (χ1n) is 5.45. The Labute approximate surface area is 124 Å². The van der Waals surface area contributed by atoms with Gasteiger partial charge in [-0.15, -0.1) is 11.3 Å². The Hall–Kier alpha value is -1.07. The molecule has 1 aromatic heterocycles. The first-order valence-corrected chi connectivity index (χ1v) is 7.08. The minimum Gasteiger partial charge on any atom is -0.490 e. The van der Waals surface area contributed by atoms with E-state index < -0.39 is 0 Å². The lowest BCUT2D eigenvalue weighted by molar-refractivity contribution is 0.104. The first-order chi connectivity index (χ1) is 9.15. The standard InChI is InChI=1S/C13H10Cl2O3S/c14-11-8(13(17)10-2-1-7-19-10)3-4-9(12(11)15)18-6-5-16/h1-4,7,16H,5-6H2. The molecule has 2 rings (SSSR count). The minimum atomic E-state index is -0.171. The molecular weight excluding hydrogens is 307 g/mol. The summed E-state index contributed by atoms with van der Waals surface area (Å²) in [7, 11) is 0. The molecule has 0 amide bonds. The third kappa shape index (κ3) is 3.09. The SMILES string of the molecule is O=C(c1cccs1)c1ccc(OCCO)c(Cl)c1Cl. The van der Waals surface area contributed by atoms with E-state index in [0.717, 1.165) is 0 Å². The fourth-order valence-electron chi connectivity index (χ4n) is 1.51. The number of aliphatic hydroxyl groups is 1. The van der Waals surface area contributed by atoms with Crippen LogP contribution in [0.4, 0.5) is 0 Å². The number of benzene rings is 1. The highest BCUT2D eigenvalue weighted by Gasteiger charge is 2.18. The number of ether oxygens (including phenoxy) is 1. The number of hydrogen-bond donors (Lipinski definition) is 1. The molecule has 0 aliphatic heterocycles. The quantitative estimate of drug-likeness (QED) is 0.856. The molecule has 1 heterocycles. The van der Waals surface area contributed by atoms with E-state index in [-0.39, 0.29) is 29.0 Å². The van der Waals surface area contributed by atoms with E-state index in [1.165, 1.54) is 11.3 Å². The second-order valence-electron chi connectivity index (χ2n) is 3.62. The molecule has 3 nitrogen and oxygen atoms in total. The predicted octanol–water partition coefficient (Wildman–Crippen LogP) is 3.66. The van der Waals surface area contributed by atoms with E-state index in [1.807, 2.05) is 5.38 Å². The van der Waals surface area contributed by atoms with Gasteiger partial charge in [0.2, 0.25) is 5.78 Å². The Morgan fingerprint density at radius 3 is 2.68 bits per heavy atom. The Morgan fingerprint density at radius 1 is 1.26 bits per heavy atom. The number of hydrogen-bond acceptors (Lipinski definition) is 4. The molecular formula is C13H10Cl2O3S. The molecule has 0 bridgehead atoms. The summed E-state index contributed by atoms with van der Waals surface area (Å²) in [6, 6.07) is 6.67. The van der Waals surface area contributed by atoms with Crippen LogP contribution < -0.4 is 4.74 Å². The molecule has 2 aromatic rings. The number of ketones is 1. The van der Waals surface area contributed by atoms with E-state index in [0.29, 0.717) is 16.2 Å². The molecule has 100 valence electrons. The molecule has 0 saturated heterocycles. The summed E-state index contributed by atoms with van der Waals surface area (Å²) in [6.07, 6.45) is 0. The summed E-state index contributed by atoms with van der Waals surface area (Å²) in [6.45, 7) is -0.00189. The average Bonchev–Trinajstić information content (AvgIpc) is 2.94. The van der Waals surface area contributed by atoms with Gasteiger partial charge in [0.1, 0.15) is 17.4 Å².